The lowest BCUT2D eigenvalue weighted by Gasteiger charge is -2.10. The Morgan fingerprint density at radius 3 is 2.48 bits per heavy atom. The molecule has 3 N–H and O–H groups in total. The number of anilines is 2. The van der Waals surface area contributed by atoms with E-state index in [9.17, 15) is 14.0 Å². The van der Waals surface area contributed by atoms with E-state index in [0.717, 1.165) is 0 Å². The molecule has 0 radical (unpaired) electrons. The summed E-state index contributed by atoms with van der Waals surface area (Å²) in [6, 6.07) is 9.36. The second kappa shape index (κ2) is 6.36. The van der Waals surface area contributed by atoms with Crippen molar-refractivity contribution < 1.29 is 19.1 Å². The summed E-state index contributed by atoms with van der Waals surface area (Å²) in [5.74, 6) is -1.69. The van der Waals surface area contributed by atoms with E-state index >= 15 is 0 Å². The van der Waals surface area contributed by atoms with Crippen LogP contribution in [0.5, 0.6) is 0 Å². The SMILES string of the molecule is O=C(Nc1cccc(C(=O)O)c1)Nc1c(F)cccc1Br. The summed E-state index contributed by atoms with van der Waals surface area (Å²) in [7, 11) is 0. The Morgan fingerprint density at radius 1 is 1.10 bits per heavy atom. The van der Waals surface area contributed by atoms with E-state index in [-0.39, 0.29) is 11.3 Å². The van der Waals surface area contributed by atoms with Crippen LogP contribution in [0.4, 0.5) is 20.6 Å². The maximum atomic E-state index is 13.6. The van der Waals surface area contributed by atoms with Crippen molar-refractivity contribution in [3.63, 3.8) is 0 Å². The molecule has 0 saturated carbocycles. The number of hydrogen-bond donors (Lipinski definition) is 3. The highest BCUT2D eigenvalue weighted by atomic mass is 79.9. The van der Waals surface area contributed by atoms with Crippen molar-refractivity contribution in [2.75, 3.05) is 10.6 Å². The minimum absolute atomic E-state index is 0.00406. The molecule has 0 aliphatic rings. The van der Waals surface area contributed by atoms with Gasteiger partial charge < -0.3 is 15.7 Å². The van der Waals surface area contributed by atoms with E-state index in [4.69, 9.17) is 5.11 Å². The Hall–Kier alpha value is -2.41. The van der Waals surface area contributed by atoms with Crippen molar-refractivity contribution in [3.05, 3.63) is 58.3 Å². The van der Waals surface area contributed by atoms with Crippen LogP contribution >= 0.6 is 15.9 Å². The number of benzene rings is 2. The minimum atomic E-state index is -1.10. The molecule has 7 heteroatoms. The van der Waals surface area contributed by atoms with Crippen molar-refractivity contribution in [3.8, 4) is 0 Å². The third-order valence-corrected chi connectivity index (χ3v) is 3.23. The fraction of sp³-hybridized carbons (Fsp3) is 0. The second-order valence-electron chi connectivity index (χ2n) is 4.06. The third kappa shape index (κ3) is 3.79. The first kappa shape index (κ1) is 15.0. The molecule has 0 aliphatic carbocycles. The molecule has 108 valence electrons. The average molecular weight is 353 g/mol. The zero-order valence-corrected chi connectivity index (χ0v) is 12.1. The van der Waals surface area contributed by atoms with Crippen LogP contribution in [0, 0.1) is 5.82 Å². The number of aromatic carboxylic acids is 1. The predicted octanol–water partition coefficient (Wildman–Crippen LogP) is 3.93. The molecule has 0 heterocycles. The molecule has 2 aromatic rings. The summed E-state index contributed by atoms with van der Waals surface area (Å²) in [5, 5.41) is 13.7. The molecule has 21 heavy (non-hydrogen) atoms. The van der Waals surface area contributed by atoms with Crippen LogP contribution in [0.25, 0.3) is 0 Å². The van der Waals surface area contributed by atoms with Crippen LogP contribution in [-0.2, 0) is 0 Å². The van der Waals surface area contributed by atoms with Gasteiger partial charge in [0.15, 0.2) is 0 Å². The molecule has 0 aromatic heterocycles. The molecule has 0 saturated heterocycles. The largest absolute Gasteiger partial charge is 0.478 e. The number of amides is 2. The average Bonchev–Trinajstić information content (AvgIpc) is 2.43. The summed E-state index contributed by atoms with van der Waals surface area (Å²) >= 11 is 3.13. The molecule has 0 unspecified atom stereocenters. The number of para-hydroxylation sites is 1. The van der Waals surface area contributed by atoms with Crippen LogP contribution in [0.2, 0.25) is 0 Å². The van der Waals surface area contributed by atoms with Gasteiger partial charge in [0.25, 0.3) is 0 Å². The normalized spacial score (nSPS) is 10.0. The Balaban J connectivity index is 2.12. The second-order valence-corrected chi connectivity index (χ2v) is 4.92. The van der Waals surface area contributed by atoms with Gasteiger partial charge in [-0.05, 0) is 46.3 Å². The molecular weight excluding hydrogens is 343 g/mol. The van der Waals surface area contributed by atoms with E-state index in [1.807, 2.05) is 0 Å². The van der Waals surface area contributed by atoms with E-state index in [2.05, 4.69) is 26.6 Å². The maximum Gasteiger partial charge on any atom is 0.335 e. The van der Waals surface area contributed by atoms with Gasteiger partial charge >= 0.3 is 12.0 Å². The molecule has 2 aromatic carbocycles. The van der Waals surface area contributed by atoms with Crippen molar-refractivity contribution in [1.82, 2.24) is 0 Å². The number of carboxylic acid groups (broad SMARTS) is 1. The van der Waals surface area contributed by atoms with Crippen molar-refractivity contribution >= 4 is 39.3 Å². The van der Waals surface area contributed by atoms with Gasteiger partial charge in [0, 0.05) is 10.2 Å². The van der Waals surface area contributed by atoms with Gasteiger partial charge in [-0.25, -0.2) is 14.0 Å². The Kier molecular flexibility index (Phi) is 4.54. The van der Waals surface area contributed by atoms with Gasteiger partial charge in [-0.2, -0.15) is 0 Å². The third-order valence-electron chi connectivity index (χ3n) is 2.57. The van der Waals surface area contributed by atoms with Gasteiger partial charge in [-0.3, -0.25) is 0 Å². The monoisotopic (exact) mass is 352 g/mol. The zero-order chi connectivity index (χ0) is 15.4. The van der Waals surface area contributed by atoms with Gasteiger partial charge in [-0.1, -0.05) is 12.1 Å². The van der Waals surface area contributed by atoms with Gasteiger partial charge in [0.2, 0.25) is 0 Å². The van der Waals surface area contributed by atoms with Crippen LogP contribution in [0.1, 0.15) is 10.4 Å². The highest BCUT2D eigenvalue weighted by Crippen LogP contribution is 2.25. The number of hydrogen-bond acceptors (Lipinski definition) is 2. The minimum Gasteiger partial charge on any atom is -0.478 e. The lowest BCUT2D eigenvalue weighted by molar-refractivity contribution is 0.0697. The Labute approximate surface area is 127 Å². The zero-order valence-electron chi connectivity index (χ0n) is 10.6. The maximum absolute atomic E-state index is 13.6. The number of urea groups is 1. The summed E-state index contributed by atoms with van der Waals surface area (Å²) in [4.78, 5) is 22.6. The lowest BCUT2D eigenvalue weighted by atomic mass is 10.2. The van der Waals surface area contributed by atoms with Gasteiger partial charge in [0.1, 0.15) is 5.82 Å². The van der Waals surface area contributed by atoms with Crippen molar-refractivity contribution in [2.24, 2.45) is 0 Å². The van der Waals surface area contributed by atoms with Crippen LogP contribution in [-0.4, -0.2) is 17.1 Å². The fourth-order valence-electron chi connectivity index (χ4n) is 1.62. The van der Waals surface area contributed by atoms with Crippen LogP contribution < -0.4 is 10.6 Å². The molecule has 2 rings (SSSR count). The van der Waals surface area contributed by atoms with Crippen molar-refractivity contribution in [1.29, 1.82) is 0 Å². The van der Waals surface area contributed by atoms with Crippen LogP contribution in [0.3, 0.4) is 0 Å². The molecule has 0 atom stereocenters. The van der Waals surface area contributed by atoms with E-state index in [1.165, 1.54) is 36.4 Å². The Morgan fingerprint density at radius 2 is 1.81 bits per heavy atom. The number of carboxylic acids is 1. The quantitative estimate of drug-likeness (QED) is 0.782. The molecule has 2 amide bonds. The summed E-state index contributed by atoms with van der Waals surface area (Å²) < 4.78 is 14.0. The predicted molar refractivity (Wildman–Crippen MR) is 80.1 cm³/mol. The topological polar surface area (TPSA) is 78.4 Å². The highest BCUT2D eigenvalue weighted by molar-refractivity contribution is 9.10. The number of rotatable bonds is 3. The van der Waals surface area contributed by atoms with Gasteiger partial charge in [-0.15, -0.1) is 0 Å². The fourth-order valence-corrected chi connectivity index (χ4v) is 2.06. The summed E-state index contributed by atoms with van der Waals surface area (Å²) in [5.41, 5.74) is 0.337. The van der Waals surface area contributed by atoms with E-state index in [0.29, 0.717) is 10.2 Å². The van der Waals surface area contributed by atoms with E-state index < -0.39 is 17.8 Å². The molecule has 0 fully saturated rings. The smallest absolute Gasteiger partial charge is 0.335 e. The molecular formula is C14H10BrFN2O3. The molecule has 0 bridgehead atoms. The highest BCUT2D eigenvalue weighted by Gasteiger charge is 2.11. The summed E-state index contributed by atoms with van der Waals surface area (Å²) in [6.07, 6.45) is 0. The van der Waals surface area contributed by atoms with Crippen LogP contribution in [0.15, 0.2) is 46.9 Å². The summed E-state index contributed by atoms with van der Waals surface area (Å²) in [6.45, 7) is 0. The molecule has 0 aliphatic heterocycles. The van der Waals surface area contributed by atoms with Gasteiger partial charge in [0.05, 0.1) is 11.3 Å². The number of carbonyl (C=O) groups is 2. The first-order valence-corrected chi connectivity index (χ1v) is 6.62. The number of nitrogens with one attached hydrogen (secondary N) is 2. The standard InChI is InChI=1S/C14H10BrFN2O3/c15-10-5-2-6-11(16)12(10)18-14(21)17-9-4-1-3-8(7-9)13(19)20/h1-7H,(H,19,20)(H2,17,18,21). The molecule has 5 nitrogen and oxygen atoms in total. The van der Waals surface area contributed by atoms with Crippen molar-refractivity contribution in [2.45, 2.75) is 0 Å². The molecule has 0 spiro atoms. The lowest BCUT2D eigenvalue weighted by Crippen LogP contribution is -2.20. The first-order valence-electron chi connectivity index (χ1n) is 5.83. The number of halogens is 2. The first-order chi connectivity index (χ1) is 9.97. The Bertz CT molecular complexity index is 686. The number of carbonyl (C=O) groups excluding carboxylic acids is 1. The van der Waals surface area contributed by atoms with E-state index in [1.54, 1.807) is 6.07 Å².